The normalized spacial score (nSPS) is 11.3. The van der Waals surface area contributed by atoms with E-state index in [-0.39, 0.29) is 10.7 Å². The van der Waals surface area contributed by atoms with Crippen molar-refractivity contribution in [3.05, 3.63) is 29.7 Å². The quantitative estimate of drug-likeness (QED) is 0.478. The summed E-state index contributed by atoms with van der Waals surface area (Å²) in [6.07, 6.45) is 1.45. The van der Waals surface area contributed by atoms with Crippen molar-refractivity contribution in [3.8, 4) is 0 Å². The fourth-order valence-corrected chi connectivity index (χ4v) is 2.91. The molecule has 0 radical (unpaired) electrons. The van der Waals surface area contributed by atoms with Gasteiger partial charge < -0.3 is 5.43 Å². The second kappa shape index (κ2) is 4.86. The Kier molecular flexibility index (Phi) is 3.40. The fourth-order valence-electron chi connectivity index (χ4n) is 1.61. The number of hydrogen-bond acceptors (Lipinski definition) is 6. The van der Waals surface area contributed by atoms with Gasteiger partial charge in [-0.15, -0.1) is 0 Å². The molecule has 5 N–H and O–H groups in total. The smallest absolute Gasteiger partial charge is 0.265 e. The van der Waals surface area contributed by atoms with Gasteiger partial charge in [0.1, 0.15) is 4.90 Å². The maximum atomic E-state index is 12.3. The maximum absolute atomic E-state index is 12.3. The summed E-state index contributed by atoms with van der Waals surface area (Å²) in [5.74, 6) is 5.33. The number of anilines is 2. The Hall–Kier alpha value is -2.13. The first-order valence-electron chi connectivity index (χ1n) is 5.41. The van der Waals surface area contributed by atoms with E-state index in [0.717, 1.165) is 0 Å². The highest BCUT2D eigenvalue weighted by Gasteiger charge is 2.21. The summed E-state index contributed by atoms with van der Waals surface area (Å²) in [5.41, 5.74) is 3.87. The minimum absolute atomic E-state index is 0.0301. The highest BCUT2D eigenvalue weighted by atomic mass is 32.2. The van der Waals surface area contributed by atoms with E-state index in [1.807, 2.05) is 0 Å². The summed E-state index contributed by atoms with van der Waals surface area (Å²) >= 11 is 0. The van der Waals surface area contributed by atoms with Crippen LogP contribution in [0, 0.1) is 13.8 Å². The van der Waals surface area contributed by atoms with Crippen LogP contribution >= 0.6 is 0 Å². The number of pyridine rings is 1. The summed E-state index contributed by atoms with van der Waals surface area (Å²) < 4.78 is 27.1. The molecule has 0 aliphatic rings. The number of H-pyrrole nitrogens is 1. The Balaban J connectivity index is 2.44. The van der Waals surface area contributed by atoms with Crippen LogP contribution in [0.5, 0.6) is 0 Å². The Labute approximate surface area is 110 Å². The molecule has 0 bridgehead atoms. The molecule has 0 saturated carbocycles. The van der Waals surface area contributed by atoms with Crippen LogP contribution in [0.4, 0.5) is 11.5 Å². The lowest BCUT2D eigenvalue weighted by atomic mass is 10.3. The molecule has 9 heteroatoms. The van der Waals surface area contributed by atoms with Crippen molar-refractivity contribution in [2.75, 3.05) is 10.1 Å². The number of rotatable bonds is 4. The van der Waals surface area contributed by atoms with Crippen LogP contribution in [0.1, 0.15) is 11.4 Å². The molecule has 0 fully saturated rings. The number of sulfonamides is 1. The van der Waals surface area contributed by atoms with Gasteiger partial charge in [0.25, 0.3) is 10.0 Å². The SMILES string of the molecule is Cc1n[nH]c(C)c1NS(=O)(=O)c1cccnc1NN. The van der Waals surface area contributed by atoms with E-state index in [1.165, 1.54) is 18.3 Å². The second-order valence-corrected chi connectivity index (χ2v) is 5.56. The first-order chi connectivity index (χ1) is 8.95. The fraction of sp³-hybridized carbons (Fsp3) is 0.200. The minimum Gasteiger partial charge on any atom is -0.307 e. The molecule has 0 amide bonds. The van der Waals surface area contributed by atoms with Crippen LogP contribution in [-0.4, -0.2) is 23.6 Å². The van der Waals surface area contributed by atoms with Gasteiger partial charge in [0, 0.05) is 6.20 Å². The van der Waals surface area contributed by atoms with E-state index in [4.69, 9.17) is 5.84 Å². The number of hydrazine groups is 1. The van der Waals surface area contributed by atoms with Crippen molar-refractivity contribution >= 4 is 21.5 Å². The predicted molar refractivity (Wildman–Crippen MR) is 70.9 cm³/mol. The van der Waals surface area contributed by atoms with E-state index in [0.29, 0.717) is 17.1 Å². The zero-order valence-electron chi connectivity index (χ0n) is 10.4. The van der Waals surface area contributed by atoms with Gasteiger partial charge >= 0.3 is 0 Å². The maximum Gasteiger partial charge on any atom is 0.265 e. The number of nitrogens with two attached hydrogens (primary N) is 1. The van der Waals surface area contributed by atoms with Crippen LogP contribution in [0.25, 0.3) is 0 Å². The van der Waals surface area contributed by atoms with Crippen molar-refractivity contribution < 1.29 is 8.42 Å². The van der Waals surface area contributed by atoms with Gasteiger partial charge in [0.15, 0.2) is 5.82 Å². The van der Waals surface area contributed by atoms with Gasteiger partial charge in [-0.1, -0.05) is 0 Å². The van der Waals surface area contributed by atoms with E-state index >= 15 is 0 Å². The number of hydrogen-bond donors (Lipinski definition) is 4. The molecule has 0 saturated heterocycles. The highest BCUT2D eigenvalue weighted by molar-refractivity contribution is 7.92. The Morgan fingerprint density at radius 3 is 2.68 bits per heavy atom. The summed E-state index contributed by atoms with van der Waals surface area (Å²) in [5, 5.41) is 6.64. The van der Waals surface area contributed by atoms with Gasteiger partial charge in [-0.2, -0.15) is 5.10 Å². The molecule has 8 nitrogen and oxygen atoms in total. The average Bonchev–Trinajstić information content (AvgIpc) is 2.70. The molecule has 102 valence electrons. The minimum atomic E-state index is -3.79. The topological polar surface area (TPSA) is 126 Å². The van der Waals surface area contributed by atoms with Gasteiger partial charge in [-0.3, -0.25) is 9.82 Å². The first-order valence-corrected chi connectivity index (χ1v) is 6.90. The summed E-state index contributed by atoms with van der Waals surface area (Å²) in [6, 6.07) is 2.93. The lowest BCUT2D eigenvalue weighted by molar-refractivity contribution is 0.601. The molecule has 0 aliphatic heterocycles. The number of nitrogens with zero attached hydrogens (tertiary/aromatic N) is 2. The highest BCUT2D eigenvalue weighted by Crippen LogP contribution is 2.23. The Morgan fingerprint density at radius 1 is 1.37 bits per heavy atom. The zero-order valence-corrected chi connectivity index (χ0v) is 11.2. The van der Waals surface area contributed by atoms with Gasteiger partial charge in [0.2, 0.25) is 0 Å². The van der Waals surface area contributed by atoms with Crippen LogP contribution in [0.15, 0.2) is 23.2 Å². The lowest BCUT2D eigenvalue weighted by Crippen LogP contribution is -2.19. The van der Waals surface area contributed by atoms with E-state index in [9.17, 15) is 8.42 Å². The lowest BCUT2D eigenvalue weighted by Gasteiger charge is -2.10. The molecule has 2 heterocycles. The molecule has 0 spiro atoms. The van der Waals surface area contributed by atoms with Gasteiger partial charge in [0.05, 0.1) is 17.1 Å². The molecule has 0 atom stereocenters. The van der Waals surface area contributed by atoms with Crippen molar-refractivity contribution in [1.29, 1.82) is 0 Å². The van der Waals surface area contributed by atoms with Gasteiger partial charge in [-0.05, 0) is 26.0 Å². The van der Waals surface area contributed by atoms with E-state index in [2.05, 4.69) is 25.3 Å². The molecule has 19 heavy (non-hydrogen) atoms. The third kappa shape index (κ3) is 2.51. The van der Waals surface area contributed by atoms with Crippen molar-refractivity contribution in [3.63, 3.8) is 0 Å². The van der Waals surface area contributed by atoms with Crippen LogP contribution < -0.4 is 16.0 Å². The molecule has 2 aromatic heterocycles. The molecular formula is C10H14N6O2S. The Morgan fingerprint density at radius 2 is 2.11 bits per heavy atom. The number of aromatic amines is 1. The number of aryl methyl sites for hydroxylation is 2. The van der Waals surface area contributed by atoms with Crippen LogP contribution in [-0.2, 0) is 10.0 Å². The summed E-state index contributed by atoms with van der Waals surface area (Å²) in [4.78, 5) is 3.83. The van der Waals surface area contributed by atoms with Crippen LogP contribution in [0.2, 0.25) is 0 Å². The third-order valence-corrected chi connectivity index (χ3v) is 3.94. The van der Waals surface area contributed by atoms with Crippen molar-refractivity contribution in [1.82, 2.24) is 15.2 Å². The van der Waals surface area contributed by atoms with Crippen LogP contribution in [0.3, 0.4) is 0 Å². The average molecular weight is 282 g/mol. The molecular weight excluding hydrogens is 268 g/mol. The summed E-state index contributed by atoms with van der Waals surface area (Å²) in [7, 11) is -3.79. The van der Waals surface area contributed by atoms with Gasteiger partial charge in [-0.25, -0.2) is 19.2 Å². The molecule has 2 rings (SSSR count). The van der Waals surface area contributed by atoms with Crippen molar-refractivity contribution in [2.24, 2.45) is 5.84 Å². The molecule has 0 aromatic carbocycles. The molecule has 0 unspecified atom stereocenters. The number of aromatic nitrogens is 3. The number of nitrogen functional groups attached to an aromatic ring is 1. The third-order valence-electron chi connectivity index (χ3n) is 2.56. The zero-order chi connectivity index (χ0) is 14.0. The summed E-state index contributed by atoms with van der Waals surface area (Å²) in [6.45, 7) is 3.43. The van der Waals surface area contributed by atoms with Crippen molar-refractivity contribution in [2.45, 2.75) is 18.7 Å². The predicted octanol–water partition coefficient (Wildman–Crippen LogP) is 0.508. The molecule has 0 aliphatic carbocycles. The standard InChI is InChI=1S/C10H14N6O2S/c1-6-9(7(2)15-14-6)16-19(17,18)8-4-3-5-12-10(8)13-11/h3-5,16H,11H2,1-2H3,(H,12,13)(H,14,15). The Bertz CT molecular complexity index is 674. The second-order valence-electron chi connectivity index (χ2n) is 3.91. The first kappa shape index (κ1) is 13.3. The monoisotopic (exact) mass is 282 g/mol. The molecule has 2 aromatic rings. The van der Waals surface area contributed by atoms with E-state index in [1.54, 1.807) is 13.8 Å². The number of nitrogens with one attached hydrogen (secondary N) is 3. The largest absolute Gasteiger partial charge is 0.307 e. The van der Waals surface area contributed by atoms with E-state index < -0.39 is 10.0 Å².